The molecule has 0 aromatic heterocycles. The molecule has 2 rings (SSSR count). The van der Waals surface area contributed by atoms with Gasteiger partial charge < -0.3 is 4.74 Å². The summed E-state index contributed by atoms with van der Waals surface area (Å²) in [4.78, 5) is 11.2. The summed E-state index contributed by atoms with van der Waals surface area (Å²) in [7, 11) is 0. The molecule has 1 fully saturated rings. The summed E-state index contributed by atoms with van der Waals surface area (Å²) in [5.41, 5.74) is 0. The molecule has 1 heterocycles. The third kappa shape index (κ3) is 1.13. The number of ketones is 1. The molecular formula is C8H7BrO2. The zero-order valence-corrected chi connectivity index (χ0v) is 7.37. The van der Waals surface area contributed by atoms with E-state index in [1.165, 1.54) is 0 Å². The second-order valence-electron chi connectivity index (χ2n) is 2.65. The Morgan fingerprint density at radius 3 is 3.18 bits per heavy atom. The first-order valence-electron chi connectivity index (χ1n) is 3.50. The van der Waals surface area contributed by atoms with Gasteiger partial charge in [-0.3, -0.25) is 4.79 Å². The number of ether oxygens (including phenoxy) is 1. The van der Waals surface area contributed by atoms with Gasteiger partial charge in [0.15, 0.2) is 10.8 Å². The molecule has 0 aromatic carbocycles. The average molecular weight is 215 g/mol. The molecule has 1 aliphatic carbocycles. The van der Waals surface area contributed by atoms with Gasteiger partial charge in [-0.1, -0.05) is 6.08 Å². The number of carbonyl (C=O) groups excluding carboxylic acids is 1. The number of carbonyl (C=O) groups is 1. The van der Waals surface area contributed by atoms with Crippen LogP contribution in [0.2, 0.25) is 0 Å². The largest absolute Gasteiger partial charge is 0.483 e. The highest BCUT2D eigenvalue weighted by Gasteiger charge is 2.34. The molecule has 2 unspecified atom stereocenters. The summed E-state index contributed by atoms with van der Waals surface area (Å²) in [5.74, 6) is 0.938. The van der Waals surface area contributed by atoms with Crippen LogP contribution in [0, 0.1) is 5.92 Å². The van der Waals surface area contributed by atoms with Crippen LogP contribution in [0.3, 0.4) is 0 Å². The van der Waals surface area contributed by atoms with Crippen LogP contribution in [0.5, 0.6) is 0 Å². The Morgan fingerprint density at radius 1 is 1.64 bits per heavy atom. The predicted octanol–water partition coefficient (Wildman–Crippen LogP) is 1.77. The van der Waals surface area contributed by atoms with Crippen LogP contribution in [0.15, 0.2) is 24.0 Å². The SMILES string of the molecule is O=C1C=CC=C2OC(Br)CC12. The Morgan fingerprint density at radius 2 is 2.45 bits per heavy atom. The lowest BCUT2D eigenvalue weighted by atomic mass is 9.96. The first-order valence-corrected chi connectivity index (χ1v) is 4.42. The summed E-state index contributed by atoms with van der Waals surface area (Å²) >= 11 is 3.31. The quantitative estimate of drug-likeness (QED) is 0.575. The normalized spacial score (nSPS) is 34.6. The fraction of sp³-hybridized carbons (Fsp3) is 0.375. The second-order valence-corrected chi connectivity index (χ2v) is 3.67. The van der Waals surface area contributed by atoms with Gasteiger partial charge in [0.05, 0.1) is 5.92 Å². The van der Waals surface area contributed by atoms with Crippen LogP contribution in [0.25, 0.3) is 0 Å². The molecule has 0 bridgehead atoms. The smallest absolute Gasteiger partial charge is 0.166 e. The highest BCUT2D eigenvalue weighted by molar-refractivity contribution is 9.09. The summed E-state index contributed by atoms with van der Waals surface area (Å²) in [6, 6.07) is 0. The Bertz CT molecular complexity index is 255. The maximum Gasteiger partial charge on any atom is 0.166 e. The van der Waals surface area contributed by atoms with E-state index in [4.69, 9.17) is 4.74 Å². The predicted molar refractivity (Wildman–Crippen MR) is 44.1 cm³/mol. The summed E-state index contributed by atoms with van der Waals surface area (Å²) in [5, 5.41) is 0.0163. The highest BCUT2D eigenvalue weighted by Crippen LogP contribution is 2.35. The van der Waals surface area contributed by atoms with Crippen molar-refractivity contribution in [2.75, 3.05) is 0 Å². The minimum absolute atomic E-state index is 0.0163. The van der Waals surface area contributed by atoms with E-state index < -0.39 is 0 Å². The van der Waals surface area contributed by atoms with Crippen LogP contribution in [0.1, 0.15) is 6.42 Å². The first-order chi connectivity index (χ1) is 5.27. The third-order valence-electron chi connectivity index (χ3n) is 1.89. The number of alkyl halides is 1. The number of allylic oxidation sites excluding steroid dienone is 4. The lowest BCUT2D eigenvalue weighted by Crippen LogP contribution is -2.12. The van der Waals surface area contributed by atoms with Gasteiger partial charge in [-0.15, -0.1) is 0 Å². The van der Waals surface area contributed by atoms with E-state index in [-0.39, 0.29) is 16.7 Å². The minimum Gasteiger partial charge on any atom is -0.483 e. The van der Waals surface area contributed by atoms with Crippen molar-refractivity contribution in [3.63, 3.8) is 0 Å². The van der Waals surface area contributed by atoms with Gasteiger partial charge in [0.1, 0.15) is 5.76 Å². The van der Waals surface area contributed by atoms with Crippen molar-refractivity contribution >= 4 is 21.7 Å². The van der Waals surface area contributed by atoms with Gasteiger partial charge in [0, 0.05) is 6.42 Å². The number of fused-ring (bicyclic) bond motifs is 1. The van der Waals surface area contributed by atoms with Crippen molar-refractivity contribution in [3.8, 4) is 0 Å². The molecule has 3 heteroatoms. The number of hydrogen-bond donors (Lipinski definition) is 0. The molecular weight excluding hydrogens is 208 g/mol. The molecule has 58 valence electrons. The van der Waals surface area contributed by atoms with Crippen LogP contribution in [-0.4, -0.2) is 10.8 Å². The minimum atomic E-state index is -0.0237. The van der Waals surface area contributed by atoms with Crippen molar-refractivity contribution in [1.29, 1.82) is 0 Å². The molecule has 0 radical (unpaired) electrons. The van der Waals surface area contributed by atoms with Crippen LogP contribution in [-0.2, 0) is 9.53 Å². The molecule has 0 spiro atoms. The van der Waals surface area contributed by atoms with Crippen molar-refractivity contribution in [2.45, 2.75) is 11.4 Å². The monoisotopic (exact) mass is 214 g/mol. The Kier molecular flexibility index (Phi) is 1.60. The third-order valence-corrected chi connectivity index (χ3v) is 2.45. The fourth-order valence-corrected chi connectivity index (χ4v) is 1.93. The average Bonchev–Trinajstić information content (AvgIpc) is 2.31. The second kappa shape index (κ2) is 2.48. The van der Waals surface area contributed by atoms with Gasteiger partial charge in [0.2, 0.25) is 0 Å². The fourth-order valence-electron chi connectivity index (χ4n) is 1.35. The van der Waals surface area contributed by atoms with Gasteiger partial charge in [-0.2, -0.15) is 0 Å². The van der Waals surface area contributed by atoms with E-state index in [9.17, 15) is 4.79 Å². The van der Waals surface area contributed by atoms with Crippen molar-refractivity contribution < 1.29 is 9.53 Å². The zero-order valence-electron chi connectivity index (χ0n) is 5.79. The van der Waals surface area contributed by atoms with E-state index in [0.717, 1.165) is 12.2 Å². The molecule has 0 saturated carbocycles. The van der Waals surface area contributed by atoms with Crippen LogP contribution < -0.4 is 0 Å². The van der Waals surface area contributed by atoms with Crippen molar-refractivity contribution in [3.05, 3.63) is 24.0 Å². The summed E-state index contributed by atoms with van der Waals surface area (Å²) < 4.78 is 5.34. The summed E-state index contributed by atoms with van der Waals surface area (Å²) in [6.45, 7) is 0. The molecule has 1 aliphatic heterocycles. The zero-order chi connectivity index (χ0) is 7.84. The van der Waals surface area contributed by atoms with Crippen molar-refractivity contribution in [2.24, 2.45) is 5.92 Å². The Hall–Kier alpha value is -0.570. The van der Waals surface area contributed by atoms with E-state index >= 15 is 0 Å². The maximum absolute atomic E-state index is 11.2. The van der Waals surface area contributed by atoms with Crippen molar-refractivity contribution in [1.82, 2.24) is 0 Å². The number of halogens is 1. The van der Waals surface area contributed by atoms with Gasteiger partial charge in [0.25, 0.3) is 0 Å². The topological polar surface area (TPSA) is 26.3 Å². The maximum atomic E-state index is 11.2. The molecule has 2 nitrogen and oxygen atoms in total. The highest BCUT2D eigenvalue weighted by atomic mass is 79.9. The standard InChI is InChI=1S/C8H7BrO2/c9-8-4-5-6(10)2-1-3-7(5)11-8/h1-3,5,8H,4H2. The van der Waals surface area contributed by atoms with Crippen LogP contribution >= 0.6 is 15.9 Å². The Labute approximate surface area is 73.0 Å². The van der Waals surface area contributed by atoms with E-state index in [1.54, 1.807) is 12.2 Å². The van der Waals surface area contributed by atoms with E-state index in [1.807, 2.05) is 6.08 Å². The van der Waals surface area contributed by atoms with Gasteiger partial charge >= 0.3 is 0 Å². The molecule has 0 aromatic rings. The summed E-state index contributed by atoms with van der Waals surface area (Å²) in [6.07, 6.45) is 5.95. The number of hydrogen-bond acceptors (Lipinski definition) is 2. The van der Waals surface area contributed by atoms with Gasteiger partial charge in [-0.05, 0) is 28.1 Å². The Balaban J connectivity index is 2.28. The van der Waals surface area contributed by atoms with Crippen LogP contribution in [0.4, 0.5) is 0 Å². The lowest BCUT2D eigenvalue weighted by Gasteiger charge is -2.07. The van der Waals surface area contributed by atoms with Gasteiger partial charge in [-0.25, -0.2) is 0 Å². The van der Waals surface area contributed by atoms with E-state index in [0.29, 0.717) is 0 Å². The molecule has 0 N–H and O–H groups in total. The number of rotatable bonds is 0. The molecule has 2 aliphatic rings. The van der Waals surface area contributed by atoms with E-state index in [2.05, 4.69) is 15.9 Å². The molecule has 2 atom stereocenters. The molecule has 1 saturated heterocycles. The molecule has 11 heavy (non-hydrogen) atoms. The molecule has 0 amide bonds. The first kappa shape index (κ1) is 7.10. The lowest BCUT2D eigenvalue weighted by molar-refractivity contribution is -0.117.